The summed E-state index contributed by atoms with van der Waals surface area (Å²) >= 11 is 0. The molecule has 0 spiro atoms. The van der Waals surface area contributed by atoms with Crippen LogP contribution in [0.2, 0.25) is 0 Å². The van der Waals surface area contributed by atoms with E-state index in [0.717, 1.165) is 56.9 Å². The van der Waals surface area contributed by atoms with E-state index in [1.807, 2.05) is 0 Å². The molecule has 4 heteroatoms. The third kappa shape index (κ3) is 3.23. The van der Waals surface area contributed by atoms with Crippen LogP contribution in [0, 0.1) is 11.8 Å². The summed E-state index contributed by atoms with van der Waals surface area (Å²) in [7, 11) is 1.75. The minimum Gasteiger partial charge on any atom is -0.497 e. The lowest BCUT2D eigenvalue weighted by Crippen LogP contribution is -2.74. The number of fused-ring (bicyclic) bond motifs is 1. The van der Waals surface area contributed by atoms with Crippen LogP contribution in [-0.4, -0.2) is 54.4 Å². The van der Waals surface area contributed by atoms with Gasteiger partial charge in [-0.3, -0.25) is 4.90 Å². The largest absolute Gasteiger partial charge is 0.497 e. The molecule has 0 amide bonds. The number of methoxy groups -OCH3 is 1. The van der Waals surface area contributed by atoms with Gasteiger partial charge in [-0.25, -0.2) is 0 Å². The van der Waals surface area contributed by atoms with Gasteiger partial charge < -0.3 is 15.2 Å². The Morgan fingerprint density at radius 2 is 2.07 bits per heavy atom. The fourth-order valence-corrected chi connectivity index (χ4v) is 6.64. The lowest BCUT2D eigenvalue weighted by Gasteiger charge is -2.65. The Kier molecular flexibility index (Phi) is 4.96. The Morgan fingerprint density at radius 3 is 2.79 bits per heavy atom. The molecule has 0 radical (unpaired) electrons. The molecule has 1 aromatic carbocycles. The van der Waals surface area contributed by atoms with Gasteiger partial charge in [-0.15, -0.1) is 0 Å². The summed E-state index contributed by atoms with van der Waals surface area (Å²) in [6.07, 6.45) is 7.90. The number of benzene rings is 1. The number of hydrogen-bond acceptors (Lipinski definition) is 4. The molecule has 160 valence electrons. The maximum Gasteiger partial charge on any atom is 0.119 e. The number of likely N-dealkylation sites (tertiary alicyclic amines) is 1. The molecule has 0 aromatic heterocycles. The smallest absolute Gasteiger partial charge is 0.119 e. The van der Waals surface area contributed by atoms with Crippen molar-refractivity contribution in [3.8, 4) is 5.75 Å². The van der Waals surface area contributed by atoms with E-state index in [-0.39, 0.29) is 11.5 Å². The summed E-state index contributed by atoms with van der Waals surface area (Å²) in [4.78, 5) is 2.66. The van der Waals surface area contributed by atoms with Crippen molar-refractivity contribution >= 4 is 0 Å². The highest BCUT2D eigenvalue weighted by molar-refractivity contribution is 5.48. The minimum absolute atomic E-state index is 0.115. The van der Waals surface area contributed by atoms with Gasteiger partial charge in [0.1, 0.15) is 5.75 Å². The summed E-state index contributed by atoms with van der Waals surface area (Å²) in [5.41, 5.74) is 2.06. The van der Waals surface area contributed by atoms with E-state index in [4.69, 9.17) is 4.74 Å². The summed E-state index contributed by atoms with van der Waals surface area (Å²) in [6.45, 7) is 7.88. The molecule has 1 unspecified atom stereocenters. The third-order valence-corrected chi connectivity index (χ3v) is 8.37. The average Bonchev–Trinajstić information content (AvgIpc) is 3.52. The quantitative estimate of drug-likeness (QED) is 0.770. The predicted octanol–water partition coefficient (Wildman–Crippen LogP) is 3.50. The molecule has 1 saturated heterocycles. The molecule has 1 aliphatic heterocycles. The molecule has 3 aliphatic carbocycles. The molecule has 5 rings (SSSR count). The molecule has 4 nitrogen and oxygen atoms in total. The van der Waals surface area contributed by atoms with Crippen molar-refractivity contribution < 1.29 is 9.84 Å². The Labute approximate surface area is 176 Å². The second-order valence-corrected chi connectivity index (χ2v) is 10.7. The van der Waals surface area contributed by atoms with Crippen molar-refractivity contribution in [3.63, 3.8) is 0 Å². The van der Waals surface area contributed by atoms with E-state index >= 15 is 0 Å². The lowest BCUT2D eigenvalue weighted by atomic mass is 9.49. The monoisotopic (exact) mass is 398 g/mol. The van der Waals surface area contributed by atoms with Crippen molar-refractivity contribution in [3.05, 3.63) is 29.3 Å². The van der Waals surface area contributed by atoms with Gasteiger partial charge in [-0.2, -0.15) is 0 Å². The van der Waals surface area contributed by atoms with Crippen LogP contribution in [-0.2, 0) is 11.8 Å². The molecule has 4 aliphatic rings. The van der Waals surface area contributed by atoms with Crippen LogP contribution in [0.3, 0.4) is 0 Å². The second-order valence-electron chi connectivity index (χ2n) is 10.7. The fourth-order valence-electron chi connectivity index (χ4n) is 6.64. The van der Waals surface area contributed by atoms with E-state index in [9.17, 15) is 5.11 Å². The first-order valence-electron chi connectivity index (χ1n) is 11.8. The summed E-state index contributed by atoms with van der Waals surface area (Å²) in [5, 5.41) is 16.3. The first kappa shape index (κ1) is 19.8. The Balaban J connectivity index is 1.52. The van der Waals surface area contributed by atoms with Crippen molar-refractivity contribution in [2.24, 2.45) is 11.8 Å². The molecule has 29 heavy (non-hydrogen) atoms. The predicted molar refractivity (Wildman–Crippen MR) is 117 cm³/mol. The maximum atomic E-state index is 12.5. The van der Waals surface area contributed by atoms with Crippen molar-refractivity contribution in [1.82, 2.24) is 10.2 Å². The van der Waals surface area contributed by atoms with Crippen molar-refractivity contribution in [1.29, 1.82) is 0 Å². The van der Waals surface area contributed by atoms with Gasteiger partial charge in [-0.1, -0.05) is 19.9 Å². The normalized spacial score (nSPS) is 36.6. The van der Waals surface area contributed by atoms with E-state index in [0.29, 0.717) is 12.0 Å². The fraction of sp³-hybridized carbons (Fsp3) is 0.760. The highest BCUT2D eigenvalue weighted by Gasteiger charge is 2.64. The molecule has 2 bridgehead atoms. The lowest BCUT2D eigenvalue weighted by molar-refractivity contribution is -0.172. The maximum absolute atomic E-state index is 12.5. The van der Waals surface area contributed by atoms with Crippen LogP contribution in [0.5, 0.6) is 5.75 Å². The standard InChI is InChI=1S/C25H38N2O2/c1-17(2)15-26-20-8-9-24-10-11-27(16-18-4-5-18)23(25(24,28)14-20)12-19-6-7-21(29-3)13-22(19)24/h6-7,13,17-18,20,23,26,28H,4-5,8-12,14-16H2,1-3H3/t20-,23+,24?,25+/m0/s1. The highest BCUT2D eigenvalue weighted by atomic mass is 16.5. The van der Waals surface area contributed by atoms with Crippen molar-refractivity contribution in [2.75, 3.05) is 26.7 Å². The number of piperidine rings is 1. The Bertz CT molecular complexity index is 761. The number of ether oxygens (including phenoxy) is 1. The van der Waals surface area contributed by atoms with Crippen LogP contribution in [0.15, 0.2) is 18.2 Å². The number of nitrogens with one attached hydrogen (secondary N) is 1. The van der Waals surface area contributed by atoms with Crippen LogP contribution < -0.4 is 10.1 Å². The van der Waals surface area contributed by atoms with Gasteiger partial charge in [0.15, 0.2) is 0 Å². The topological polar surface area (TPSA) is 44.7 Å². The first-order valence-corrected chi connectivity index (χ1v) is 11.8. The summed E-state index contributed by atoms with van der Waals surface area (Å²) in [6, 6.07) is 7.30. The van der Waals surface area contributed by atoms with Gasteiger partial charge in [0.2, 0.25) is 0 Å². The van der Waals surface area contributed by atoms with E-state index in [1.54, 1.807) is 7.11 Å². The van der Waals surface area contributed by atoms with Gasteiger partial charge in [0, 0.05) is 24.0 Å². The molecule has 2 N–H and O–H groups in total. The molecule has 1 heterocycles. The third-order valence-electron chi connectivity index (χ3n) is 8.37. The minimum atomic E-state index is -0.646. The molecular formula is C25H38N2O2. The molecule has 1 aromatic rings. The van der Waals surface area contributed by atoms with E-state index in [1.165, 1.54) is 30.5 Å². The zero-order valence-corrected chi connectivity index (χ0v) is 18.4. The second kappa shape index (κ2) is 7.25. The Morgan fingerprint density at radius 1 is 1.24 bits per heavy atom. The highest BCUT2D eigenvalue weighted by Crippen LogP contribution is 2.58. The molecule has 3 fully saturated rings. The van der Waals surface area contributed by atoms with Crippen LogP contribution in [0.1, 0.15) is 63.5 Å². The number of rotatable bonds is 6. The number of hydrogen-bond donors (Lipinski definition) is 2. The van der Waals surface area contributed by atoms with Crippen LogP contribution in [0.4, 0.5) is 0 Å². The van der Waals surface area contributed by atoms with Gasteiger partial charge in [0.05, 0.1) is 12.7 Å². The van der Waals surface area contributed by atoms with Gasteiger partial charge in [-0.05, 0) is 93.1 Å². The summed E-state index contributed by atoms with van der Waals surface area (Å²) in [5.74, 6) is 2.43. The molecular weight excluding hydrogens is 360 g/mol. The Hall–Kier alpha value is -1.10. The zero-order chi connectivity index (χ0) is 20.2. The molecule has 4 atom stereocenters. The summed E-state index contributed by atoms with van der Waals surface area (Å²) < 4.78 is 5.59. The first-order chi connectivity index (χ1) is 13.9. The van der Waals surface area contributed by atoms with Crippen LogP contribution in [0.25, 0.3) is 0 Å². The number of aliphatic hydroxyl groups is 1. The van der Waals surface area contributed by atoms with E-state index < -0.39 is 5.60 Å². The van der Waals surface area contributed by atoms with Gasteiger partial charge >= 0.3 is 0 Å². The van der Waals surface area contributed by atoms with Crippen molar-refractivity contribution in [2.45, 2.75) is 81.9 Å². The number of nitrogens with zero attached hydrogens (tertiary/aromatic N) is 1. The average molecular weight is 399 g/mol. The zero-order valence-electron chi connectivity index (χ0n) is 18.4. The van der Waals surface area contributed by atoms with E-state index in [2.05, 4.69) is 42.3 Å². The molecule has 2 saturated carbocycles. The van der Waals surface area contributed by atoms with Gasteiger partial charge in [0.25, 0.3) is 0 Å². The van der Waals surface area contributed by atoms with Crippen LogP contribution >= 0.6 is 0 Å². The SMILES string of the molecule is COc1ccc2c(c1)C13CC[C@H](NCC(C)C)C[C@@]1(O)[C@@H](C2)N(CC1CC1)CC3.